The molecule has 0 aliphatic carbocycles. The minimum Gasteiger partial charge on any atom is -0.481 e. The summed E-state index contributed by atoms with van der Waals surface area (Å²) in [6.07, 6.45) is 1.78. The van der Waals surface area contributed by atoms with Crippen molar-refractivity contribution in [2.24, 2.45) is 5.92 Å². The van der Waals surface area contributed by atoms with Gasteiger partial charge in [-0.05, 0) is 42.4 Å². The minimum absolute atomic E-state index is 0.223. The topological polar surface area (TPSA) is 124 Å². The maximum atomic E-state index is 13.6. The number of benzene rings is 2. The van der Waals surface area contributed by atoms with Gasteiger partial charge in [0.1, 0.15) is 12.1 Å². The third-order valence-electron chi connectivity index (χ3n) is 6.74. The highest BCUT2D eigenvalue weighted by Gasteiger charge is 2.44. The number of carboxylic acid groups (broad SMARTS) is 2. The molecule has 178 valence electrons. The van der Waals surface area contributed by atoms with E-state index in [1.807, 2.05) is 54.6 Å². The number of carbonyl (C=O) groups is 4. The largest absolute Gasteiger partial charge is 0.481 e. The molecule has 2 amide bonds. The normalized spacial score (nSPS) is 22.6. The average molecular weight is 465 g/mol. The van der Waals surface area contributed by atoms with Crippen LogP contribution in [0.4, 0.5) is 0 Å². The van der Waals surface area contributed by atoms with E-state index in [4.69, 9.17) is 0 Å². The average Bonchev–Trinajstić information content (AvgIpc) is 2.94. The van der Waals surface area contributed by atoms with Crippen LogP contribution >= 0.6 is 0 Å². The molecule has 0 radical (unpaired) electrons. The molecule has 4 unspecified atom stereocenters. The van der Waals surface area contributed by atoms with Crippen LogP contribution in [0.2, 0.25) is 0 Å². The number of rotatable bonds is 7. The molecule has 2 aliphatic rings. The lowest BCUT2D eigenvalue weighted by Gasteiger charge is -2.40. The maximum Gasteiger partial charge on any atom is 0.326 e. The molecular formula is C26H28N2O6. The summed E-state index contributed by atoms with van der Waals surface area (Å²) in [5.41, 5.74) is 2.62. The second-order valence-corrected chi connectivity index (χ2v) is 8.99. The molecule has 4 atom stereocenters. The highest BCUT2D eigenvalue weighted by molar-refractivity contribution is 5.93. The highest BCUT2D eigenvalue weighted by atomic mass is 16.4. The van der Waals surface area contributed by atoms with Crippen LogP contribution in [-0.4, -0.2) is 50.9 Å². The Kier molecular flexibility index (Phi) is 6.95. The molecule has 34 heavy (non-hydrogen) atoms. The summed E-state index contributed by atoms with van der Waals surface area (Å²) in [6.45, 7) is 0. The Morgan fingerprint density at radius 2 is 1.71 bits per heavy atom. The Hall–Kier alpha value is -3.68. The molecule has 2 heterocycles. The number of piperidine rings is 1. The van der Waals surface area contributed by atoms with Crippen molar-refractivity contribution in [2.45, 2.75) is 56.7 Å². The summed E-state index contributed by atoms with van der Waals surface area (Å²) in [5, 5.41) is 22.0. The van der Waals surface area contributed by atoms with Crippen molar-refractivity contribution in [2.75, 3.05) is 0 Å². The molecule has 0 saturated carbocycles. The molecular weight excluding hydrogens is 436 g/mol. The Morgan fingerprint density at radius 3 is 2.41 bits per heavy atom. The van der Waals surface area contributed by atoms with Crippen molar-refractivity contribution >= 4 is 23.8 Å². The van der Waals surface area contributed by atoms with E-state index in [0.717, 1.165) is 16.7 Å². The van der Waals surface area contributed by atoms with Gasteiger partial charge >= 0.3 is 11.9 Å². The number of fused-ring (bicyclic) bond motifs is 3. The van der Waals surface area contributed by atoms with E-state index in [2.05, 4.69) is 5.32 Å². The zero-order valence-electron chi connectivity index (χ0n) is 18.7. The first-order chi connectivity index (χ1) is 16.3. The van der Waals surface area contributed by atoms with Gasteiger partial charge in [0, 0.05) is 6.42 Å². The molecule has 2 aliphatic heterocycles. The number of hydrogen-bond acceptors (Lipinski definition) is 4. The van der Waals surface area contributed by atoms with E-state index < -0.39 is 41.8 Å². The summed E-state index contributed by atoms with van der Waals surface area (Å²) >= 11 is 0. The molecule has 2 aromatic carbocycles. The van der Waals surface area contributed by atoms with Crippen LogP contribution in [-0.2, 0) is 32.0 Å². The number of nitrogens with one attached hydrogen (secondary N) is 1. The van der Waals surface area contributed by atoms with Crippen molar-refractivity contribution in [1.82, 2.24) is 10.2 Å². The molecule has 4 rings (SSSR count). The van der Waals surface area contributed by atoms with Crippen molar-refractivity contribution in [3.63, 3.8) is 0 Å². The lowest BCUT2D eigenvalue weighted by atomic mass is 9.89. The van der Waals surface area contributed by atoms with Crippen LogP contribution in [0.5, 0.6) is 0 Å². The number of aliphatic carboxylic acids is 2. The van der Waals surface area contributed by atoms with Gasteiger partial charge in [-0.1, -0.05) is 54.6 Å². The summed E-state index contributed by atoms with van der Waals surface area (Å²) in [5.74, 6) is -3.98. The van der Waals surface area contributed by atoms with Gasteiger partial charge in [-0.15, -0.1) is 0 Å². The first-order valence-electron chi connectivity index (χ1n) is 11.5. The fourth-order valence-corrected chi connectivity index (χ4v) is 5.16. The fourth-order valence-electron chi connectivity index (χ4n) is 5.16. The maximum absolute atomic E-state index is 13.6. The third kappa shape index (κ3) is 4.95. The van der Waals surface area contributed by atoms with E-state index in [1.54, 1.807) is 0 Å². The second-order valence-electron chi connectivity index (χ2n) is 8.99. The van der Waals surface area contributed by atoms with Crippen LogP contribution in [0.15, 0.2) is 54.6 Å². The standard InChI is InChI=1S/C26H28N2O6/c29-23(30)15-18(13-16-7-2-1-3-8-16)24(31)27-20-14-17-9-4-5-10-19(17)21-11-6-12-22(26(33)34)28(21)25(20)32/h1-5,7-10,18,20-22H,6,11-15H2,(H,27,31)(H,29,30)(H,33,34). The quantitative estimate of drug-likeness (QED) is 0.579. The van der Waals surface area contributed by atoms with Gasteiger partial charge in [0.15, 0.2) is 0 Å². The predicted molar refractivity (Wildman–Crippen MR) is 123 cm³/mol. The SMILES string of the molecule is O=C(O)CC(Cc1ccccc1)C(=O)NC1Cc2ccccc2C2CCCC(C(=O)O)N2C1=O. The van der Waals surface area contributed by atoms with Crippen molar-refractivity contribution in [3.8, 4) is 0 Å². The number of amides is 2. The van der Waals surface area contributed by atoms with Gasteiger partial charge in [0.05, 0.1) is 18.4 Å². The molecule has 0 spiro atoms. The number of nitrogens with zero attached hydrogens (tertiary/aromatic N) is 1. The number of hydrogen-bond donors (Lipinski definition) is 3. The van der Waals surface area contributed by atoms with E-state index in [1.165, 1.54) is 4.90 Å². The van der Waals surface area contributed by atoms with E-state index >= 15 is 0 Å². The zero-order chi connectivity index (χ0) is 24.2. The molecule has 2 aromatic rings. The van der Waals surface area contributed by atoms with E-state index in [0.29, 0.717) is 19.3 Å². The number of carbonyl (C=O) groups excluding carboxylic acids is 2. The monoisotopic (exact) mass is 464 g/mol. The minimum atomic E-state index is -1.10. The number of carboxylic acids is 2. The molecule has 8 nitrogen and oxygen atoms in total. The van der Waals surface area contributed by atoms with Gasteiger partial charge < -0.3 is 20.4 Å². The van der Waals surface area contributed by atoms with Crippen LogP contribution in [0.3, 0.4) is 0 Å². The highest BCUT2D eigenvalue weighted by Crippen LogP contribution is 2.39. The first kappa shape index (κ1) is 23.5. The lowest BCUT2D eigenvalue weighted by Crippen LogP contribution is -2.56. The van der Waals surface area contributed by atoms with Gasteiger partial charge in [-0.25, -0.2) is 4.79 Å². The molecule has 0 bridgehead atoms. The van der Waals surface area contributed by atoms with Crippen molar-refractivity contribution < 1.29 is 29.4 Å². The van der Waals surface area contributed by atoms with Crippen molar-refractivity contribution in [3.05, 3.63) is 71.3 Å². The fraction of sp³-hybridized carbons (Fsp3) is 0.385. The lowest BCUT2D eigenvalue weighted by molar-refractivity contribution is -0.156. The Morgan fingerprint density at radius 1 is 1.00 bits per heavy atom. The second kappa shape index (κ2) is 10.1. The summed E-state index contributed by atoms with van der Waals surface area (Å²) in [6, 6.07) is 14.4. The third-order valence-corrected chi connectivity index (χ3v) is 6.74. The van der Waals surface area contributed by atoms with Crippen molar-refractivity contribution in [1.29, 1.82) is 0 Å². The van der Waals surface area contributed by atoms with Gasteiger partial charge in [-0.2, -0.15) is 0 Å². The zero-order valence-corrected chi connectivity index (χ0v) is 18.7. The van der Waals surface area contributed by atoms with E-state index in [-0.39, 0.29) is 25.3 Å². The van der Waals surface area contributed by atoms with Gasteiger partial charge in [0.25, 0.3) is 0 Å². The molecule has 3 N–H and O–H groups in total. The molecule has 1 fully saturated rings. The first-order valence-corrected chi connectivity index (χ1v) is 11.5. The van der Waals surface area contributed by atoms with Crippen LogP contribution in [0.1, 0.15) is 48.4 Å². The summed E-state index contributed by atoms with van der Waals surface area (Å²) in [4.78, 5) is 51.7. The van der Waals surface area contributed by atoms with E-state index in [9.17, 15) is 29.4 Å². The van der Waals surface area contributed by atoms with Gasteiger partial charge in [-0.3, -0.25) is 14.4 Å². The molecule has 8 heteroatoms. The Labute approximate surface area is 197 Å². The van der Waals surface area contributed by atoms with Crippen LogP contribution in [0, 0.1) is 5.92 Å². The Balaban J connectivity index is 1.63. The van der Waals surface area contributed by atoms with Crippen LogP contribution < -0.4 is 5.32 Å². The Bertz CT molecular complexity index is 1090. The predicted octanol–water partition coefficient (Wildman–Crippen LogP) is 2.57. The smallest absolute Gasteiger partial charge is 0.326 e. The summed E-state index contributed by atoms with van der Waals surface area (Å²) in [7, 11) is 0. The molecule has 0 aromatic heterocycles. The van der Waals surface area contributed by atoms with Gasteiger partial charge in [0.2, 0.25) is 11.8 Å². The van der Waals surface area contributed by atoms with Crippen LogP contribution in [0.25, 0.3) is 0 Å². The molecule has 1 saturated heterocycles. The summed E-state index contributed by atoms with van der Waals surface area (Å²) < 4.78 is 0.